The van der Waals surface area contributed by atoms with E-state index in [1.165, 1.54) is 4.90 Å². The molecule has 2 heterocycles. The number of amides is 3. The number of nitrogens with zero attached hydrogens (tertiary/aromatic N) is 3. The molecule has 0 saturated carbocycles. The van der Waals surface area contributed by atoms with Gasteiger partial charge in [0.25, 0.3) is 0 Å². The molecule has 1 fully saturated rings. The second-order valence-corrected chi connectivity index (χ2v) is 4.53. The molecule has 2 aromatic rings. The number of hydrogen-bond donors (Lipinski definition) is 2. The predicted octanol–water partition coefficient (Wildman–Crippen LogP) is 0.602. The first kappa shape index (κ1) is 11.5. The number of fused-ring (bicyclic) bond motifs is 1. The van der Waals surface area contributed by atoms with Gasteiger partial charge >= 0.3 is 6.03 Å². The summed E-state index contributed by atoms with van der Waals surface area (Å²) in [5.74, 6) is -0.257. The van der Waals surface area contributed by atoms with Crippen LogP contribution >= 0.6 is 0 Å². The molecule has 0 aliphatic carbocycles. The molecule has 7 heteroatoms. The normalized spacial score (nSPS) is 15.9. The van der Waals surface area contributed by atoms with Gasteiger partial charge in [-0.25, -0.2) is 4.79 Å². The van der Waals surface area contributed by atoms with Crippen molar-refractivity contribution in [3.63, 3.8) is 0 Å². The molecule has 3 N–H and O–H groups in total. The van der Waals surface area contributed by atoms with Gasteiger partial charge in [-0.2, -0.15) is 5.10 Å². The lowest BCUT2D eigenvalue weighted by Gasteiger charge is -2.27. The minimum Gasteiger partial charge on any atom is -0.399 e. The Labute approximate surface area is 109 Å². The van der Waals surface area contributed by atoms with Gasteiger partial charge in [-0.1, -0.05) is 0 Å². The van der Waals surface area contributed by atoms with Crippen LogP contribution in [0.25, 0.3) is 10.9 Å². The monoisotopic (exact) mass is 259 g/mol. The number of anilines is 2. The van der Waals surface area contributed by atoms with Crippen LogP contribution < -0.4 is 16.0 Å². The van der Waals surface area contributed by atoms with E-state index in [1.54, 1.807) is 23.9 Å². The molecule has 1 aromatic carbocycles. The number of nitrogens with one attached hydrogen (secondary N) is 1. The Balaban J connectivity index is 2.13. The van der Waals surface area contributed by atoms with Gasteiger partial charge in [-0.05, 0) is 12.1 Å². The van der Waals surface area contributed by atoms with Crippen LogP contribution in [-0.4, -0.2) is 28.3 Å². The maximum atomic E-state index is 11.9. The van der Waals surface area contributed by atoms with Crippen molar-refractivity contribution >= 4 is 34.2 Å². The van der Waals surface area contributed by atoms with E-state index in [1.807, 2.05) is 6.20 Å². The summed E-state index contributed by atoms with van der Waals surface area (Å²) in [4.78, 5) is 24.6. The minimum absolute atomic E-state index is 0.257. The Hall–Kier alpha value is -2.57. The molecule has 0 spiro atoms. The van der Waals surface area contributed by atoms with Gasteiger partial charge in [0, 0.05) is 37.3 Å². The first-order valence-corrected chi connectivity index (χ1v) is 5.89. The van der Waals surface area contributed by atoms with E-state index in [4.69, 9.17) is 5.73 Å². The molecule has 0 radical (unpaired) electrons. The standard InChI is InChI=1S/C12H13N5O2/c1-16-6-8-9(15-16)4-7(13)5-10(8)17-3-2-11(18)14-12(17)19/h4-6H,2-3,13H2,1H3,(H,14,18,19). The number of rotatable bonds is 1. The predicted molar refractivity (Wildman–Crippen MR) is 70.6 cm³/mol. The van der Waals surface area contributed by atoms with E-state index < -0.39 is 6.03 Å². The summed E-state index contributed by atoms with van der Waals surface area (Å²) in [6.45, 7) is 0.345. The average molecular weight is 259 g/mol. The Morgan fingerprint density at radius 3 is 2.89 bits per heavy atom. The van der Waals surface area contributed by atoms with Crippen molar-refractivity contribution in [2.45, 2.75) is 6.42 Å². The Morgan fingerprint density at radius 2 is 2.16 bits per heavy atom. The topological polar surface area (TPSA) is 93.2 Å². The summed E-state index contributed by atoms with van der Waals surface area (Å²) >= 11 is 0. The summed E-state index contributed by atoms with van der Waals surface area (Å²) in [6, 6.07) is 3.05. The second kappa shape index (κ2) is 3.98. The van der Waals surface area contributed by atoms with Crippen molar-refractivity contribution in [1.29, 1.82) is 0 Å². The Bertz CT molecular complexity index is 691. The average Bonchev–Trinajstić information content (AvgIpc) is 2.68. The van der Waals surface area contributed by atoms with Gasteiger partial charge in [-0.15, -0.1) is 0 Å². The van der Waals surface area contributed by atoms with Crippen molar-refractivity contribution in [2.75, 3.05) is 17.2 Å². The number of nitrogens with two attached hydrogens (primary N) is 1. The highest BCUT2D eigenvalue weighted by molar-refractivity contribution is 6.10. The van der Waals surface area contributed by atoms with Gasteiger partial charge in [0.2, 0.25) is 5.91 Å². The molecule has 1 aliphatic heterocycles. The van der Waals surface area contributed by atoms with Crippen LogP contribution in [0.15, 0.2) is 18.3 Å². The third-order valence-corrected chi connectivity index (χ3v) is 3.08. The number of hydrogen-bond acceptors (Lipinski definition) is 4. The number of carbonyl (C=O) groups is 2. The molecular formula is C12H13N5O2. The zero-order chi connectivity index (χ0) is 13.6. The number of nitrogen functional groups attached to an aromatic ring is 1. The van der Waals surface area contributed by atoms with Crippen molar-refractivity contribution in [1.82, 2.24) is 15.1 Å². The molecule has 0 bridgehead atoms. The van der Waals surface area contributed by atoms with Crippen LogP contribution in [-0.2, 0) is 11.8 Å². The summed E-state index contributed by atoms with van der Waals surface area (Å²) in [5.41, 5.74) is 7.77. The molecule has 0 atom stereocenters. The highest BCUT2D eigenvalue weighted by Crippen LogP contribution is 2.30. The number of aryl methyl sites for hydroxylation is 1. The zero-order valence-electron chi connectivity index (χ0n) is 10.4. The van der Waals surface area contributed by atoms with Crippen molar-refractivity contribution < 1.29 is 9.59 Å². The van der Waals surface area contributed by atoms with E-state index >= 15 is 0 Å². The van der Waals surface area contributed by atoms with Crippen LogP contribution in [0.3, 0.4) is 0 Å². The smallest absolute Gasteiger partial charge is 0.328 e. The van der Waals surface area contributed by atoms with Gasteiger partial charge in [-0.3, -0.25) is 19.7 Å². The number of benzene rings is 1. The fourth-order valence-corrected chi connectivity index (χ4v) is 2.26. The van der Waals surface area contributed by atoms with Gasteiger partial charge in [0.1, 0.15) is 0 Å². The molecule has 19 heavy (non-hydrogen) atoms. The van der Waals surface area contributed by atoms with Gasteiger partial charge in [0.15, 0.2) is 0 Å². The van der Waals surface area contributed by atoms with E-state index in [9.17, 15) is 9.59 Å². The summed E-state index contributed by atoms with van der Waals surface area (Å²) in [6.07, 6.45) is 2.11. The van der Waals surface area contributed by atoms with Crippen LogP contribution in [0.1, 0.15) is 6.42 Å². The number of aromatic nitrogens is 2. The van der Waals surface area contributed by atoms with E-state index in [0.717, 1.165) is 10.9 Å². The Kier molecular flexibility index (Phi) is 2.41. The first-order valence-electron chi connectivity index (χ1n) is 5.89. The van der Waals surface area contributed by atoms with Crippen molar-refractivity contribution in [2.24, 2.45) is 7.05 Å². The van der Waals surface area contributed by atoms with Gasteiger partial charge in [0.05, 0.1) is 11.2 Å². The molecule has 98 valence electrons. The molecular weight excluding hydrogens is 246 g/mol. The van der Waals surface area contributed by atoms with E-state index in [2.05, 4.69) is 10.4 Å². The van der Waals surface area contributed by atoms with Crippen LogP contribution in [0.5, 0.6) is 0 Å². The fraction of sp³-hybridized carbons (Fsp3) is 0.250. The Morgan fingerprint density at radius 1 is 1.37 bits per heavy atom. The fourth-order valence-electron chi connectivity index (χ4n) is 2.26. The van der Waals surface area contributed by atoms with Crippen molar-refractivity contribution in [3.05, 3.63) is 18.3 Å². The molecule has 1 aliphatic rings. The van der Waals surface area contributed by atoms with Crippen molar-refractivity contribution in [3.8, 4) is 0 Å². The SMILES string of the molecule is Cn1cc2c(N3CCC(=O)NC3=O)cc(N)cc2n1. The molecule has 1 aromatic heterocycles. The van der Waals surface area contributed by atoms with E-state index in [0.29, 0.717) is 17.9 Å². The van der Waals surface area contributed by atoms with Gasteiger partial charge < -0.3 is 5.73 Å². The lowest BCUT2D eigenvalue weighted by Crippen LogP contribution is -2.49. The molecule has 1 saturated heterocycles. The second-order valence-electron chi connectivity index (χ2n) is 4.53. The molecule has 3 amide bonds. The van der Waals surface area contributed by atoms with E-state index in [-0.39, 0.29) is 12.3 Å². The number of imide groups is 1. The summed E-state index contributed by atoms with van der Waals surface area (Å²) in [5, 5.41) is 7.41. The van der Waals surface area contributed by atoms with Crippen LogP contribution in [0, 0.1) is 0 Å². The summed E-state index contributed by atoms with van der Waals surface area (Å²) in [7, 11) is 1.81. The molecule has 3 rings (SSSR count). The highest BCUT2D eigenvalue weighted by Gasteiger charge is 2.26. The quantitative estimate of drug-likeness (QED) is 0.733. The highest BCUT2D eigenvalue weighted by atomic mass is 16.2. The van der Waals surface area contributed by atoms with Crippen LogP contribution in [0.4, 0.5) is 16.2 Å². The minimum atomic E-state index is -0.424. The molecule has 0 unspecified atom stereocenters. The maximum Gasteiger partial charge on any atom is 0.328 e. The molecule has 7 nitrogen and oxygen atoms in total. The largest absolute Gasteiger partial charge is 0.399 e. The third-order valence-electron chi connectivity index (χ3n) is 3.08. The summed E-state index contributed by atoms with van der Waals surface area (Å²) < 4.78 is 1.67. The maximum absolute atomic E-state index is 11.9. The lowest BCUT2D eigenvalue weighted by atomic mass is 10.1. The van der Waals surface area contributed by atoms with Crippen LogP contribution in [0.2, 0.25) is 0 Å². The number of carbonyl (C=O) groups excluding carboxylic acids is 2. The zero-order valence-corrected chi connectivity index (χ0v) is 10.4. The lowest BCUT2D eigenvalue weighted by molar-refractivity contribution is -0.120. The number of urea groups is 1. The first-order chi connectivity index (χ1) is 9.04. The third kappa shape index (κ3) is 1.88.